The lowest BCUT2D eigenvalue weighted by atomic mass is 10.2. The van der Waals surface area contributed by atoms with E-state index in [1.165, 1.54) is 24.3 Å². The van der Waals surface area contributed by atoms with Gasteiger partial charge >= 0.3 is 6.03 Å². The van der Waals surface area contributed by atoms with Gasteiger partial charge in [-0.25, -0.2) is 13.5 Å². The summed E-state index contributed by atoms with van der Waals surface area (Å²) in [5.74, 6) is -1.19. The Labute approximate surface area is 177 Å². The molecule has 0 aliphatic heterocycles. The number of amides is 3. The Bertz CT molecular complexity index is 1060. The Morgan fingerprint density at radius 3 is 2.38 bits per heavy atom. The number of nitrogen functional groups attached to an aromatic ring is 1. The summed E-state index contributed by atoms with van der Waals surface area (Å²) in [4.78, 5) is 24.6. The third kappa shape index (κ3) is 4.98. The Hall–Kier alpha value is -3.23. The fourth-order valence-corrected chi connectivity index (χ4v) is 2.81. The maximum atomic E-state index is 13.7. The number of urea groups is 1. The van der Waals surface area contributed by atoms with Gasteiger partial charge in [0, 0.05) is 10.7 Å². The highest BCUT2D eigenvalue weighted by Crippen LogP contribution is 2.25. The molecule has 0 radical (unpaired) electrons. The summed E-state index contributed by atoms with van der Waals surface area (Å²) in [6.07, 6.45) is 0. The minimum absolute atomic E-state index is 0.0640. The van der Waals surface area contributed by atoms with Crippen LogP contribution in [0.15, 0.2) is 66.7 Å². The van der Waals surface area contributed by atoms with E-state index in [0.717, 1.165) is 4.31 Å². The van der Waals surface area contributed by atoms with Gasteiger partial charge in [-0.05, 0) is 54.6 Å². The summed E-state index contributed by atoms with van der Waals surface area (Å²) in [7, 11) is 0. The van der Waals surface area contributed by atoms with Crippen molar-refractivity contribution in [3.8, 4) is 0 Å². The van der Waals surface area contributed by atoms with E-state index in [0.29, 0.717) is 27.8 Å². The number of nitrogens with zero attached hydrogens (tertiary/aromatic N) is 1. The van der Waals surface area contributed by atoms with Crippen molar-refractivity contribution in [2.24, 2.45) is 0 Å². The third-order valence-electron chi connectivity index (χ3n) is 3.94. The number of halogens is 2. The number of thiol groups is 1. The van der Waals surface area contributed by atoms with E-state index < -0.39 is 17.8 Å². The van der Waals surface area contributed by atoms with Gasteiger partial charge in [0.15, 0.2) is 0 Å². The molecule has 0 bridgehead atoms. The van der Waals surface area contributed by atoms with E-state index in [-0.39, 0.29) is 5.56 Å². The van der Waals surface area contributed by atoms with Crippen LogP contribution in [0.2, 0.25) is 5.02 Å². The van der Waals surface area contributed by atoms with Crippen LogP contribution in [0.4, 0.5) is 31.9 Å². The van der Waals surface area contributed by atoms with Crippen molar-refractivity contribution in [3.05, 3.63) is 83.1 Å². The molecule has 0 spiro atoms. The van der Waals surface area contributed by atoms with Crippen LogP contribution >= 0.6 is 24.4 Å². The Morgan fingerprint density at radius 2 is 1.69 bits per heavy atom. The van der Waals surface area contributed by atoms with Gasteiger partial charge in [0.25, 0.3) is 5.91 Å². The van der Waals surface area contributed by atoms with Crippen molar-refractivity contribution in [2.45, 2.75) is 0 Å². The molecule has 0 atom stereocenters. The van der Waals surface area contributed by atoms with Gasteiger partial charge < -0.3 is 16.4 Å². The first-order valence-corrected chi connectivity index (χ1v) is 9.14. The molecule has 0 saturated carbocycles. The van der Waals surface area contributed by atoms with Crippen molar-refractivity contribution in [2.75, 3.05) is 20.7 Å². The summed E-state index contributed by atoms with van der Waals surface area (Å²) >= 11 is 10.1. The van der Waals surface area contributed by atoms with E-state index in [4.69, 9.17) is 17.3 Å². The first-order valence-electron chi connectivity index (χ1n) is 8.36. The topological polar surface area (TPSA) is 87.5 Å². The summed E-state index contributed by atoms with van der Waals surface area (Å²) in [5, 5.41) is 5.63. The highest BCUT2D eigenvalue weighted by Gasteiger charge is 2.15. The molecule has 0 unspecified atom stereocenters. The molecule has 0 heterocycles. The zero-order valence-electron chi connectivity index (χ0n) is 14.9. The van der Waals surface area contributed by atoms with Crippen molar-refractivity contribution < 1.29 is 14.0 Å². The largest absolute Gasteiger partial charge is 0.397 e. The first kappa shape index (κ1) is 20.5. The van der Waals surface area contributed by atoms with Crippen LogP contribution in [0.5, 0.6) is 0 Å². The average molecular weight is 431 g/mol. The molecular formula is C20H16ClFN4O2S. The third-order valence-corrected chi connectivity index (χ3v) is 4.59. The molecule has 3 rings (SSSR count). The zero-order chi connectivity index (χ0) is 21.0. The van der Waals surface area contributed by atoms with Gasteiger partial charge in [0.05, 0.1) is 22.6 Å². The number of nitrogens with one attached hydrogen (secondary N) is 2. The molecule has 148 valence electrons. The van der Waals surface area contributed by atoms with Gasteiger partial charge in [-0.3, -0.25) is 4.79 Å². The molecule has 6 nitrogen and oxygen atoms in total. The van der Waals surface area contributed by atoms with E-state index in [1.54, 1.807) is 42.5 Å². The molecule has 0 aliphatic carbocycles. The predicted octanol–water partition coefficient (Wildman–Crippen LogP) is 5.20. The molecule has 3 aromatic rings. The van der Waals surface area contributed by atoms with Crippen LogP contribution in [0.25, 0.3) is 0 Å². The number of nitrogens with two attached hydrogens (primary N) is 1. The number of carbonyl (C=O) groups excluding carboxylic acids is 2. The molecule has 0 saturated heterocycles. The second kappa shape index (κ2) is 8.85. The van der Waals surface area contributed by atoms with Crippen LogP contribution in [0, 0.1) is 5.82 Å². The number of hydrogen-bond donors (Lipinski definition) is 4. The van der Waals surface area contributed by atoms with E-state index in [2.05, 4.69) is 23.4 Å². The maximum absolute atomic E-state index is 13.7. The Balaban J connectivity index is 1.67. The lowest BCUT2D eigenvalue weighted by molar-refractivity contribution is 0.102. The number of hydrogen-bond acceptors (Lipinski definition) is 4. The number of anilines is 4. The molecule has 4 N–H and O–H groups in total. The van der Waals surface area contributed by atoms with Crippen LogP contribution in [-0.2, 0) is 0 Å². The second-order valence-electron chi connectivity index (χ2n) is 5.95. The van der Waals surface area contributed by atoms with E-state index >= 15 is 0 Å². The molecule has 9 heteroatoms. The zero-order valence-corrected chi connectivity index (χ0v) is 16.5. The number of benzene rings is 3. The minimum atomic E-state index is -0.611. The minimum Gasteiger partial charge on any atom is -0.397 e. The van der Waals surface area contributed by atoms with E-state index in [9.17, 15) is 14.0 Å². The normalized spacial score (nSPS) is 10.3. The van der Waals surface area contributed by atoms with Crippen molar-refractivity contribution >= 4 is 59.1 Å². The smallest absolute Gasteiger partial charge is 0.336 e. The molecule has 29 heavy (non-hydrogen) atoms. The van der Waals surface area contributed by atoms with Crippen LogP contribution in [0.1, 0.15) is 10.4 Å². The fraction of sp³-hybridized carbons (Fsp3) is 0. The first-order chi connectivity index (χ1) is 13.8. The van der Waals surface area contributed by atoms with Crippen molar-refractivity contribution in [1.29, 1.82) is 0 Å². The summed E-state index contributed by atoms with van der Waals surface area (Å²) in [6, 6.07) is 16.1. The highest BCUT2D eigenvalue weighted by atomic mass is 35.5. The van der Waals surface area contributed by atoms with Gasteiger partial charge in [0.2, 0.25) is 0 Å². The van der Waals surface area contributed by atoms with Crippen LogP contribution in [-0.4, -0.2) is 11.9 Å². The lowest BCUT2D eigenvalue weighted by Crippen LogP contribution is -2.27. The lowest BCUT2D eigenvalue weighted by Gasteiger charge is -2.18. The molecule has 3 aromatic carbocycles. The van der Waals surface area contributed by atoms with Crippen molar-refractivity contribution in [1.82, 2.24) is 0 Å². The van der Waals surface area contributed by atoms with Crippen molar-refractivity contribution in [3.63, 3.8) is 0 Å². The average Bonchev–Trinajstić information content (AvgIpc) is 2.71. The van der Waals surface area contributed by atoms with Gasteiger partial charge in [0.1, 0.15) is 5.82 Å². The van der Waals surface area contributed by atoms with Crippen LogP contribution < -0.4 is 20.7 Å². The number of carbonyl (C=O) groups is 2. The second-order valence-corrected chi connectivity index (χ2v) is 6.79. The fourth-order valence-electron chi connectivity index (χ4n) is 2.45. The monoisotopic (exact) mass is 430 g/mol. The molecular weight excluding hydrogens is 415 g/mol. The Morgan fingerprint density at radius 1 is 1.00 bits per heavy atom. The number of rotatable bonds is 4. The highest BCUT2D eigenvalue weighted by molar-refractivity contribution is 7.82. The molecule has 3 amide bonds. The molecule has 0 aromatic heterocycles. The molecule has 0 aliphatic rings. The quantitative estimate of drug-likeness (QED) is 0.339. The van der Waals surface area contributed by atoms with Gasteiger partial charge in [-0.2, -0.15) is 0 Å². The van der Waals surface area contributed by atoms with Gasteiger partial charge in [-0.1, -0.05) is 36.5 Å². The summed E-state index contributed by atoms with van der Waals surface area (Å²) < 4.78 is 14.8. The van der Waals surface area contributed by atoms with E-state index in [1.807, 2.05) is 0 Å². The Kier molecular flexibility index (Phi) is 6.26. The summed E-state index contributed by atoms with van der Waals surface area (Å²) in [5.41, 5.74) is 7.34. The SMILES string of the molecule is Nc1ccc(Cl)cc1NC(=O)N(S)c1ccc(NC(=O)c2ccccc2F)cc1. The van der Waals surface area contributed by atoms with Crippen LogP contribution in [0.3, 0.4) is 0 Å². The predicted molar refractivity (Wildman–Crippen MR) is 117 cm³/mol. The maximum Gasteiger partial charge on any atom is 0.336 e. The molecule has 0 fully saturated rings. The van der Waals surface area contributed by atoms with Gasteiger partial charge in [-0.15, -0.1) is 0 Å². The summed E-state index contributed by atoms with van der Waals surface area (Å²) in [6.45, 7) is 0. The standard InChI is InChI=1S/C20H16ClFN4O2S/c21-12-5-10-17(23)18(11-12)25-20(28)26(29)14-8-6-13(7-9-14)24-19(27)15-3-1-2-4-16(15)22/h1-11,29H,23H2,(H,24,27)(H,25,28).